The molecule has 1 aromatic rings. The van der Waals surface area contributed by atoms with Gasteiger partial charge in [0.1, 0.15) is 12.1 Å². The van der Waals surface area contributed by atoms with Crippen LogP contribution in [0.2, 0.25) is 0 Å². The molecule has 1 saturated heterocycles. The second-order valence-corrected chi connectivity index (χ2v) is 5.16. The topological polar surface area (TPSA) is 68.2 Å². The average molecular weight is 320 g/mol. The van der Waals surface area contributed by atoms with Crippen LogP contribution in [0, 0.1) is 0 Å². The fourth-order valence-corrected chi connectivity index (χ4v) is 2.51. The van der Waals surface area contributed by atoms with Crippen LogP contribution in [-0.4, -0.2) is 54.7 Å². The van der Waals surface area contributed by atoms with Crippen molar-refractivity contribution in [1.82, 2.24) is 20.4 Å². The number of rotatable bonds is 6. The Morgan fingerprint density at radius 1 is 1.41 bits per heavy atom. The van der Waals surface area contributed by atoms with Crippen molar-refractivity contribution in [3.63, 3.8) is 0 Å². The molecule has 0 aliphatic carbocycles. The van der Waals surface area contributed by atoms with Crippen LogP contribution in [0.15, 0.2) is 18.5 Å². The maximum Gasteiger partial charge on any atom is 0.411 e. The van der Waals surface area contributed by atoms with E-state index in [0.717, 1.165) is 0 Å². The van der Waals surface area contributed by atoms with E-state index in [1.807, 2.05) is 0 Å². The van der Waals surface area contributed by atoms with Crippen molar-refractivity contribution in [2.24, 2.45) is 0 Å². The van der Waals surface area contributed by atoms with Gasteiger partial charge in [-0.25, -0.2) is 0 Å². The summed E-state index contributed by atoms with van der Waals surface area (Å²) >= 11 is 0. The molecule has 1 aromatic heterocycles. The van der Waals surface area contributed by atoms with Gasteiger partial charge in [0.05, 0.1) is 6.61 Å². The molecule has 124 valence electrons. The highest BCUT2D eigenvalue weighted by Crippen LogP contribution is 2.27. The molecule has 9 heteroatoms. The lowest BCUT2D eigenvalue weighted by Gasteiger charge is -2.36. The molecule has 0 radical (unpaired) electrons. The normalized spacial score (nSPS) is 18.1. The number of piperidine rings is 1. The summed E-state index contributed by atoms with van der Waals surface area (Å²) in [5.74, 6) is -0.242. The van der Waals surface area contributed by atoms with E-state index < -0.39 is 18.3 Å². The van der Waals surface area contributed by atoms with Gasteiger partial charge in [0.25, 0.3) is 0 Å². The summed E-state index contributed by atoms with van der Waals surface area (Å²) in [6.07, 6.45) is 0.123. The number of hydrogen-bond donors (Lipinski definition) is 2. The van der Waals surface area contributed by atoms with Gasteiger partial charge in [-0.2, -0.15) is 18.3 Å². The van der Waals surface area contributed by atoms with E-state index in [9.17, 15) is 18.0 Å². The highest BCUT2D eigenvalue weighted by atomic mass is 19.4. The molecule has 2 heterocycles. The van der Waals surface area contributed by atoms with Crippen LogP contribution in [0.5, 0.6) is 0 Å². The van der Waals surface area contributed by atoms with E-state index in [1.54, 1.807) is 23.1 Å². The number of carbonyl (C=O) groups excluding carboxylic acids is 1. The molecule has 1 aliphatic rings. The summed E-state index contributed by atoms with van der Waals surface area (Å²) in [5, 5.41) is 9.98. The Labute approximate surface area is 126 Å². The molecule has 0 atom stereocenters. The SMILES string of the molecule is O=C(NCCOCC(F)(F)F)C1(n2cccn2)CCNCC1. The van der Waals surface area contributed by atoms with Crippen molar-refractivity contribution in [3.05, 3.63) is 18.5 Å². The maximum absolute atomic E-state index is 12.5. The molecular weight excluding hydrogens is 301 g/mol. The zero-order valence-electron chi connectivity index (χ0n) is 12.0. The van der Waals surface area contributed by atoms with Crippen LogP contribution in [0.3, 0.4) is 0 Å². The van der Waals surface area contributed by atoms with Crippen LogP contribution >= 0.6 is 0 Å². The molecule has 6 nitrogen and oxygen atoms in total. The van der Waals surface area contributed by atoms with Gasteiger partial charge in [-0.1, -0.05) is 0 Å². The van der Waals surface area contributed by atoms with E-state index in [1.165, 1.54) is 0 Å². The molecule has 1 fully saturated rings. The Kier molecular flexibility index (Phi) is 5.41. The number of halogens is 3. The van der Waals surface area contributed by atoms with Crippen LogP contribution in [0.4, 0.5) is 13.2 Å². The third-order valence-corrected chi connectivity index (χ3v) is 3.59. The molecule has 1 aliphatic heterocycles. The first-order chi connectivity index (χ1) is 10.4. The van der Waals surface area contributed by atoms with Crippen molar-refractivity contribution in [1.29, 1.82) is 0 Å². The summed E-state index contributed by atoms with van der Waals surface area (Å²) in [6.45, 7) is -0.100. The van der Waals surface area contributed by atoms with Gasteiger partial charge in [0, 0.05) is 18.9 Å². The summed E-state index contributed by atoms with van der Waals surface area (Å²) in [7, 11) is 0. The highest BCUT2D eigenvalue weighted by molar-refractivity contribution is 5.84. The molecule has 2 rings (SSSR count). The van der Waals surface area contributed by atoms with E-state index in [-0.39, 0.29) is 19.1 Å². The summed E-state index contributed by atoms with van der Waals surface area (Å²) in [4.78, 5) is 12.5. The third-order valence-electron chi connectivity index (χ3n) is 3.59. The Morgan fingerprint density at radius 3 is 2.73 bits per heavy atom. The molecule has 1 amide bonds. The monoisotopic (exact) mass is 320 g/mol. The van der Waals surface area contributed by atoms with Crippen molar-refractivity contribution in [2.75, 3.05) is 32.8 Å². The number of alkyl halides is 3. The fraction of sp³-hybridized carbons (Fsp3) is 0.692. The second kappa shape index (κ2) is 7.10. The molecular formula is C13H19F3N4O2. The summed E-state index contributed by atoms with van der Waals surface area (Å²) in [5.41, 5.74) is -0.793. The largest absolute Gasteiger partial charge is 0.411 e. The van der Waals surface area contributed by atoms with Crippen molar-refractivity contribution >= 4 is 5.91 Å². The molecule has 0 unspecified atom stereocenters. The lowest BCUT2D eigenvalue weighted by Crippen LogP contribution is -2.55. The maximum atomic E-state index is 12.5. The molecule has 2 N–H and O–H groups in total. The van der Waals surface area contributed by atoms with Gasteiger partial charge in [-0.15, -0.1) is 0 Å². The number of aromatic nitrogens is 2. The highest BCUT2D eigenvalue weighted by Gasteiger charge is 2.41. The lowest BCUT2D eigenvalue weighted by atomic mass is 9.87. The zero-order chi connectivity index (χ0) is 16.1. The number of amides is 1. The zero-order valence-corrected chi connectivity index (χ0v) is 12.0. The van der Waals surface area contributed by atoms with Gasteiger partial charge in [-0.05, 0) is 32.0 Å². The number of hydrogen-bond acceptors (Lipinski definition) is 4. The first kappa shape index (κ1) is 16.8. The van der Waals surface area contributed by atoms with Gasteiger partial charge in [0.15, 0.2) is 0 Å². The Balaban J connectivity index is 1.88. The van der Waals surface area contributed by atoms with E-state index >= 15 is 0 Å². The standard InChI is InChI=1S/C13H19F3N4O2/c14-13(15,16)10-22-9-7-18-11(21)12(2-5-17-6-3-12)20-8-1-4-19-20/h1,4,8,17H,2-3,5-7,9-10H2,(H,18,21). The molecule has 0 bridgehead atoms. The molecule has 0 saturated carbocycles. The smallest absolute Gasteiger partial charge is 0.370 e. The minimum absolute atomic E-state index is 0.0331. The van der Waals surface area contributed by atoms with Crippen LogP contribution in [-0.2, 0) is 15.1 Å². The van der Waals surface area contributed by atoms with E-state index in [2.05, 4.69) is 20.5 Å². The van der Waals surface area contributed by atoms with E-state index in [4.69, 9.17) is 0 Å². The van der Waals surface area contributed by atoms with Crippen LogP contribution in [0.25, 0.3) is 0 Å². The van der Waals surface area contributed by atoms with Gasteiger partial charge in [-0.3, -0.25) is 9.48 Å². The van der Waals surface area contributed by atoms with Crippen LogP contribution in [0.1, 0.15) is 12.8 Å². The summed E-state index contributed by atoms with van der Waals surface area (Å²) in [6, 6.07) is 1.74. The minimum Gasteiger partial charge on any atom is -0.370 e. The number of nitrogens with zero attached hydrogens (tertiary/aromatic N) is 2. The Hall–Kier alpha value is -1.61. The van der Waals surface area contributed by atoms with Crippen molar-refractivity contribution in [3.8, 4) is 0 Å². The summed E-state index contributed by atoms with van der Waals surface area (Å²) < 4.78 is 42.0. The Bertz CT molecular complexity index is 470. The molecule has 0 spiro atoms. The second-order valence-electron chi connectivity index (χ2n) is 5.16. The molecule has 22 heavy (non-hydrogen) atoms. The predicted octanol–water partition coefficient (Wildman–Crippen LogP) is 0.657. The number of nitrogens with one attached hydrogen (secondary N) is 2. The number of ether oxygens (including phenoxy) is 1. The van der Waals surface area contributed by atoms with Gasteiger partial charge in [0.2, 0.25) is 5.91 Å². The molecule has 0 aromatic carbocycles. The van der Waals surface area contributed by atoms with Crippen molar-refractivity contribution < 1.29 is 22.7 Å². The first-order valence-corrected chi connectivity index (χ1v) is 7.08. The minimum atomic E-state index is -4.35. The predicted molar refractivity (Wildman–Crippen MR) is 72.2 cm³/mol. The van der Waals surface area contributed by atoms with Gasteiger partial charge >= 0.3 is 6.18 Å². The van der Waals surface area contributed by atoms with Crippen molar-refractivity contribution in [2.45, 2.75) is 24.6 Å². The average Bonchev–Trinajstić information content (AvgIpc) is 3.01. The lowest BCUT2D eigenvalue weighted by molar-refractivity contribution is -0.173. The quantitative estimate of drug-likeness (QED) is 0.756. The van der Waals surface area contributed by atoms with Crippen LogP contribution < -0.4 is 10.6 Å². The van der Waals surface area contributed by atoms with E-state index in [0.29, 0.717) is 25.9 Å². The fourth-order valence-electron chi connectivity index (χ4n) is 2.51. The van der Waals surface area contributed by atoms with Gasteiger partial charge < -0.3 is 15.4 Å². The first-order valence-electron chi connectivity index (χ1n) is 7.08. The third kappa shape index (κ3) is 4.20. The number of carbonyl (C=O) groups is 1. The Morgan fingerprint density at radius 2 is 2.14 bits per heavy atom.